The lowest BCUT2D eigenvalue weighted by atomic mass is 10.3. The summed E-state index contributed by atoms with van der Waals surface area (Å²) in [5.41, 5.74) is 0.990. The van der Waals surface area contributed by atoms with E-state index in [4.69, 9.17) is 4.74 Å². The average Bonchev–Trinajstić information content (AvgIpc) is 2.27. The van der Waals surface area contributed by atoms with Gasteiger partial charge < -0.3 is 10.1 Å². The van der Waals surface area contributed by atoms with Crippen molar-refractivity contribution in [1.29, 1.82) is 0 Å². The normalized spacial score (nSPS) is 10.3. The van der Waals surface area contributed by atoms with Crippen LogP contribution in [0.4, 0.5) is 5.82 Å². The van der Waals surface area contributed by atoms with Crippen molar-refractivity contribution in [1.82, 2.24) is 4.98 Å². The number of nitrogens with one attached hydrogen (secondary N) is 1. The van der Waals surface area contributed by atoms with Gasteiger partial charge in [0.05, 0.1) is 12.3 Å². The fourth-order valence-corrected chi connectivity index (χ4v) is 1.23. The standard InChI is InChI=1S/C12H20N2O/c1-3-8-13-12-7-5-6-11(14-12)10-15-9-4-2/h5-7H,3-4,8-10H2,1-2H3,(H,13,14). The summed E-state index contributed by atoms with van der Waals surface area (Å²) in [5.74, 6) is 0.939. The maximum Gasteiger partial charge on any atom is 0.126 e. The molecule has 0 aliphatic rings. The molecule has 84 valence electrons. The Bertz CT molecular complexity index is 276. The van der Waals surface area contributed by atoms with Crippen LogP contribution >= 0.6 is 0 Å². The molecule has 1 aromatic heterocycles. The number of rotatable bonds is 7. The third-order valence-electron chi connectivity index (χ3n) is 1.96. The van der Waals surface area contributed by atoms with E-state index in [9.17, 15) is 0 Å². The Morgan fingerprint density at radius 1 is 1.27 bits per heavy atom. The van der Waals surface area contributed by atoms with Crippen LogP contribution in [0.25, 0.3) is 0 Å². The number of hydrogen-bond acceptors (Lipinski definition) is 3. The van der Waals surface area contributed by atoms with Crippen molar-refractivity contribution in [3.05, 3.63) is 23.9 Å². The molecule has 0 saturated heterocycles. The van der Waals surface area contributed by atoms with Crippen LogP contribution in [0.15, 0.2) is 18.2 Å². The largest absolute Gasteiger partial charge is 0.375 e. The summed E-state index contributed by atoms with van der Waals surface area (Å²) < 4.78 is 5.44. The summed E-state index contributed by atoms with van der Waals surface area (Å²) in [6.45, 7) is 6.61. The van der Waals surface area contributed by atoms with Crippen molar-refractivity contribution in [2.45, 2.75) is 33.3 Å². The van der Waals surface area contributed by atoms with Gasteiger partial charge in [-0.2, -0.15) is 0 Å². The Kier molecular flexibility index (Phi) is 5.78. The lowest BCUT2D eigenvalue weighted by molar-refractivity contribution is 0.119. The Balaban J connectivity index is 2.42. The first-order chi connectivity index (χ1) is 7.36. The summed E-state index contributed by atoms with van der Waals surface area (Å²) in [4.78, 5) is 4.45. The number of hydrogen-bond donors (Lipinski definition) is 1. The van der Waals surface area contributed by atoms with E-state index in [0.29, 0.717) is 6.61 Å². The lowest BCUT2D eigenvalue weighted by Gasteiger charge is -2.06. The third kappa shape index (κ3) is 4.79. The first-order valence-electron chi connectivity index (χ1n) is 5.64. The van der Waals surface area contributed by atoms with Gasteiger partial charge in [0.2, 0.25) is 0 Å². The van der Waals surface area contributed by atoms with Crippen molar-refractivity contribution >= 4 is 5.82 Å². The third-order valence-corrected chi connectivity index (χ3v) is 1.96. The molecule has 1 N–H and O–H groups in total. The van der Waals surface area contributed by atoms with E-state index in [1.165, 1.54) is 0 Å². The molecule has 0 aromatic carbocycles. The van der Waals surface area contributed by atoms with Crippen LogP contribution in [0.5, 0.6) is 0 Å². The van der Waals surface area contributed by atoms with E-state index in [1.54, 1.807) is 0 Å². The van der Waals surface area contributed by atoms with Crippen LogP contribution in [0.1, 0.15) is 32.4 Å². The van der Waals surface area contributed by atoms with Crippen LogP contribution in [0.3, 0.4) is 0 Å². The zero-order chi connectivity index (χ0) is 10.9. The molecule has 0 radical (unpaired) electrons. The SMILES string of the molecule is CCCNc1cccc(COCCC)n1. The summed E-state index contributed by atoms with van der Waals surface area (Å²) in [6, 6.07) is 5.99. The Morgan fingerprint density at radius 3 is 2.87 bits per heavy atom. The number of pyridine rings is 1. The molecular formula is C12H20N2O. The molecule has 1 heterocycles. The van der Waals surface area contributed by atoms with Gasteiger partial charge in [0.25, 0.3) is 0 Å². The first kappa shape index (κ1) is 12.0. The van der Waals surface area contributed by atoms with E-state index in [1.807, 2.05) is 18.2 Å². The van der Waals surface area contributed by atoms with E-state index in [2.05, 4.69) is 24.1 Å². The summed E-state index contributed by atoms with van der Waals surface area (Å²) in [5, 5.41) is 3.26. The number of ether oxygens (including phenoxy) is 1. The van der Waals surface area contributed by atoms with E-state index in [-0.39, 0.29) is 0 Å². The highest BCUT2D eigenvalue weighted by Gasteiger charge is 1.96. The molecule has 1 rings (SSSR count). The minimum atomic E-state index is 0.607. The minimum absolute atomic E-state index is 0.607. The second-order valence-electron chi connectivity index (χ2n) is 3.49. The quantitative estimate of drug-likeness (QED) is 0.700. The monoisotopic (exact) mass is 208 g/mol. The summed E-state index contributed by atoms with van der Waals surface area (Å²) in [7, 11) is 0. The van der Waals surface area contributed by atoms with Crippen molar-refractivity contribution in [3.8, 4) is 0 Å². The molecule has 1 aromatic rings. The first-order valence-corrected chi connectivity index (χ1v) is 5.64. The van der Waals surface area contributed by atoms with E-state index >= 15 is 0 Å². The van der Waals surface area contributed by atoms with Gasteiger partial charge >= 0.3 is 0 Å². The molecule has 0 amide bonds. The van der Waals surface area contributed by atoms with Crippen molar-refractivity contribution in [2.75, 3.05) is 18.5 Å². The topological polar surface area (TPSA) is 34.1 Å². The van der Waals surface area contributed by atoms with Gasteiger partial charge in [0.1, 0.15) is 5.82 Å². The van der Waals surface area contributed by atoms with Gasteiger partial charge in [0.15, 0.2) is 0 Å². The predicted molar refractivity (Wildman–Crippen MR) is 63.0 cm³/mol. The van der Waals surface area contributed by atoms with Crippen LogP contribution < -0.4 is 5.32 Å². The second kappa shape index (κ2) is 7.23. The number of anilines is 1. The van der Waals surface area contributed by atoms with Crippen LogP contribution in [0, 0.1) is 0 Å². The maximum absolute atomic E-state index is 5.44. The van der Waals surface area contributed by atoms with Gasteiger partial charge in [0, 0.05) is 13.2 Å². The molecule has 0 fully saturated rings. The van der Waals surface area contributed by atoms with Gasteiger partial charge in [-0.3, -0.25) is 0 Å². The Morgan fingerprint density at radius 2 is 2.13 bits per heavy atom. The maximum atomic E-state index is 5.44. The van der Waals surface area contributed by atoms with Crippen molar-refractivity contribution < 1.29 is 4.74 Å². The molecule has 15 heavy (non-hydrogen) atoms. The fraction of sp³-hybridized carbons (Fsp3) is 0.583. The highest BCUT2D eigenvalue weighted by atomic mass is 16.5. The zero-order valence-corrected chi connectivity index (χ0v) is 9.62. The Labute approximate surface area is 91.9 Å². The number of nitrogens with zero attached hydrogens (tertiary/aromatic N) is 1. The highest BCUT2D eigenvalue weighted by molar-refractivity contribution is 5.34. The molecule has 0 saturated carbocycles. The van der Waals surface area contributed by atoms with Crippen LogP contribution in [0.2, 0.25) is 0 Å². The predicted octanol–water partition coefficient (Wildman–Crippen LogP) is 2.83. The van der Waals surface area contributed by atoms with Gasteiger partial charge in [-0.15, -0.1) is 0 Å². The average molecular weight is 208 g/mol. The second-order valence-corrected chi connectivity index (χ2v) is 3.49. The smallest absolute Gasteiger partial charge is 0.126 e. The van der Waals surface area contributed by atoms with Gasteiger partial charge in [-0.25, -0.2) is 4.98 Å². The molecule has 0 spiro atoms. The molecule has 3 heteroatoms. The van der Waals surface area contributed by atoms with Gasteiger partial charge in [-0.05, 0) is 25.0 Å². The fourth-order valence-electron chi connectivity index (χ4n) is 1.23. The molecule has 0 bridgehead atoms. The molecule has 0 unspecified atom stereocenters. The van der Waals surface area contributed by atoms with E-state index < -0.39 is 0 Å². The molecule has 0 aliphatic carbocycles. The molecule has 0 atom stereocenters. The highest BCUT2D eigenvalue weighted by Crippen LogP contribution is 2.06. The molecule has 0 aliphatic heterocycles. The Hall–Kier alpha value is -1.09. The van der Waals surface area contributed by atoms with E-state index in [0.717, 1.165) is 37.5 Å². The van der Waals surface area contributed by atoms with Crippen molar-refractivity contribution in [2.24, 2.45) is 0 Å². The number of aromatic nitrogens is 1. The summed E-state index contributed by atoms with van der Waals surface area (Å²) >= 11 is 0. The van der Waals surface area contributed by atoms with Crippen LogP contribution in [-0.4, -0.2) is 18.1 Å². The molecule has 3 nitrogen and oxygen atoms in total. The zero-order valence-electron chi connectivity index (χ0n) is 9.62. The minimum Gasteiger partial charge on any atom is -0.375 e. The lowest BCUT2D eigenvalue weighted by Crippen LogP contribution is -2.04. The van der Waals surface area contributed by atoms with Crippen LogP contribution in [-0.2, 0) is 11.3 Å². The van der Waals surface area contributed by atoms with Crippen molar-refractivity contribution in [3.63, 3.8) is 0 Å². The summed E-state index contributed by atoms with van der Waals surface area (Å²) in [6.07, 6.45) is 2.16. The molecular weight excluding hydrogens is 188 g/mol. The van der Waals surface area contributed by atoms with Gasteiger partial charge in [-0.1, -0.05) is 19.9 Å².